The molecule has 0 atom stereocenters. The number of rotatable bonds is 1. The smallest absolute Gasteiger partial charge is 0.0412 e. The quantitative estimate of drug-likeness (QED) is 0.800. The van der Waals surface area contributed by atoms with E-state index in [4.69, 9.17) is 11.6 Å². The third-order valence-corrected chi connectivity index (χ3v) is 3.27. The van der Waals surface area contributed by atoms with Gasteiger partial charge >= 0.3 is 0 Å². The molecule has 3 heteroatoms. The number of hydrogen-bond acceptors (Lipinski definition) is 1. The van der Waals surface area contributed by atoms with E-state index in [0.29, 0.717) is 0 Å². The van der Waals surface area contributed by atoms with Gasteiger partial charge in [-0.25, -0.2) is 0 Å². The van der Waals surface area contributed by atoms with Gasteiger partial charge in [-0.1, -0.05) is 23.7 Å². The van der Waals surface area contributed by atoms with Crippen molar-refractivity contribution in [3.63, 3.8) is 0 Å². The predicted octanol–water partition coefficient (Wildman–Crippen LogP) is 2.91. The van der Waals surface area contributed by atoms with Crippen LogP contribution in [0.3, 0.4) is 0 Å². The highest BCUT2D eigenvalue weighted by Crippen LogP contribution is 2.28. The van der Waals surface area contributed by atoms with Gasteiger partial charge in [0, 0.05) is 42.1 Å². The molecule has 0 radical (unpaired) electrons. The molecule has 0 saturated carbocycles. The first kappa shape index (κ1) is 9.94. The summed E-state index contributed by atoms with van der Waals surface area (Å²) in [7, 11) is 0. The van der Waals surface area contributed by atoms with Crippen LogP contribution in [0.25, 0.3) is 11.1 Å². The largest absolute Gasteiger partial charge is 0.348 e. The van der Waals surface area contributed by atoms with Gasteiger partial charge in [-0.05, 0) is 23.8 Å². The van der Waals surface area contributed by atoms with Gasteiger partial charge in [-0.3, -0.25) is 0 Å². The van der Waals surface area contributed by atoms with Crippen molar-refractivity contribution < 1.29 is 0 Å². The predicted molar refractivity (Wildman–Crippen MR) is 66.6 cm³/mol. The van der Waals surface area contributed by atoms with E-state index in [9.17, 15) is 0 Å². The lowest BCUT2D eigenvalue weighted by Gasteiger charge is -2.18. The van der Waals surface area contributed by atoms with Gasteiger partial charge in [-0.15, -0.1) is 0 Å². The van der Waals surface area contributed by atoms with E-state index in [-0.39, 0.29) is 0 Å². The van der Waals surface area contributed by atoms with E-state index < -0.39 is 0 Å². The minimum atomic E-state index is 0.793. The highest BCUT2D eigenvalue weighted by atomic mass is 35.5. The first-order valence-electron chi connectivity index (χ1n) is 5.49. The molecule has 0 unspecified atom stereocenters. The molecular formula is C13H13ClN2. The van der Waals surface area contributed by atoms with E-state index in [2.05, 4.69) is 28.2 Å². The molecule has 2 heterocycles. The van der Waals surface area contributed by atoms with Crippen LogP contribution in [0.15, 0.2) is 36.5 Å². The molecule has 0 bridgehead atoms. The van der Waals surface area contributed by atoms with Crippen molar-refractivity contribution in [2.24, 2.45) is 0 Å². The number of nitrogens with zero attached hydrogens (tertiary/aromatic N) is 1. The Labute approximate surface area is 99.8 Å². The topological polar surface area (TPSA) is 17.0 Å². The lowest BCUT2D eigenvalue weighted by Crippen LogP contribution is -2.27. The number of benzene rings is 1. The minimum Gasteiger partial charge on any atom is -0.348 e. The van der Waals surface area contributed by atoms with Gasteiger partial charge < -0.3 is 9.88 Å². The molecule has 0 aliphatic carbocycles. The average molecular weight is 233 g/mol. The zero-order chi connectivity index (χ0) is 11.0. The van der Waals surface area contributed by atoms with Crippen molar-refractivity contribution in [3.8, 4) is 11.1 Å². The molecule has 82 valence electrons. The van der Waals surface area contributed by atoms with Crippen molar-refractivity contribution in [1.29, 1.82) is 0 Å². The minimum absolute atomic E-state index is 0.793. The summed E-state index contributed by atoms with van der Waals surface area (Å²) in [5.74, 6) is 0. The fourth-order valence-electron chi connectivity index (χ4n) is 2.24. The van der Waals surface area contributed by atoms with Crippen LogP contribution in [0.2, 0.25) is 5.02 Å². The molecule has 3 rings (SSSR count). The third kappa shape index (κ3) is 1.64. The molecule has 2 aromatic rings. The fraction of sp³-hybridized carbons (Fsp3) is 0.231. The van der Waals surface area contributed by atoms with Gasteiger partial charge in [0.05, 0.1) is 0 Å². The van der Waals surface area contributed by atoms with Crippen molar-refractivity contribution in [2.45, 2.75) is 13.1 Å². The molecular weight excluding hydrogens is 220 g/mol. The molecule has 1 aromatic heterocycles. The van der Waals surface area contributed by atoms with Gasteiger partial charge in [-0.2, -0.15) is 0 Å². The Morgan fingerprint density at radius 2 is 2.19 bits per heavy atom. The summed E-state index contributed by atoms with van der Waals surface area (Å²) in [5.41, 5.74) is 3.84. The Kier molecular flexibility index (Phi) is 2.46. The van der Waals surface area contributed by atoms with Crippen molar-refractivity contribution in [2.75, 3.05) is 6.54 Å². The Bertz CT molecular complexity index is 516. The highest BCUT2D eigenvalue weighted by Gasteiger charge is 2.13. The summed E-state index contributed by atoms with van der Waals surface area (Å²) in [6.07, 6.45) is 2.16. The molecule has 0 amide bonds. The van der Waals surface area contributed by atoms with Crippen LogP contribution in [0, 0.1) is 0 Å². The van der Waals surface area contributed by atoms with E-state index >= 15 is 0 Å². The normalized spacial score (nSPS) is 14.8. The zero-order valence-electron chi connectivity index (χ0n) is 8.91. The number of halogens is 1. The Morgan fingerprint density at radius 1 is 1.25 bits per heavy atom. The summed E-state index contributed by atoms with van der Waals surface area (Å²) in [5, 5.41) is 4.19. The summed E-state index contributed by atoms with van der Waals surface area (Å²) in [4.78, 5) is 0. The first-order valence-corrected chi connectivity index (χ1v) is 5.87. The second kappa shape index (κ2) is 3.96. The maximum absolute atomic E-state index is 6.02. The molecule has 0 fully saturated rings. The summed E-state index contributed by atoms with van der Waals surface area (Å²) in [6, 6.07) is 10.2. The Balaban J connectivity index is 2.09. The van der Waals surface area contributed by atoms with Crippen LogP contribution in [-0.4, -0.2) is 11.1 Å². The second-order valence-corrected chi connectivity index (χ2v) is 4.49. The summed E-state index contributed by atoms with van der Waals surface area (Å²) >= 11 is 6.02. The molecule has 1 aliphatic rings. The SMILES string of the molecule is Clc1cccc(-c2ccn3c2CNCC3)c1. The monoisotopic (exact) mass is 232 g/mol. The van der Waals surface area contributed by atoms with Crippen molar-refractivity contribution in [3.05, 3.63) is 47.2 Å². The van der Waals surface area contributed by atoms with Crippen LogP contribution in [-0.2, 0) is 13.1 Å². The van der Waals surface area contributed by atoms with Crippen LogP contribution in [0.5, 0.6) is 0 Å². The number of hydrogen-bond donors (Lipinski definition) is 1. The van der Waals surface area contributed by atoms with Crippen LogP contribution in [0.4, 0.5) is 0 Å². The van der Waals surface area contributed by atoms with Gasteiger partial charge in [0.2, 0.25) is 0 Å². The summed E-state index contributed by atoms with van der Waals surface area (Å²) < 4.78 is 2.31. The van der Waals surface area contributed by atoms with E-state index in [1.54, 1.807) is 0 Å². The maximum atomic E-state index is 6.02. The Morgan fingerprint density at radius 3 is 3.06 bits per heavy atom. The van der Waals surface area contributed by atoms with Crippen LogP contribution < -0.4 is 5.32 Å². The van der Waals surface area contributed by atoms with Gasteiger partial charge in [0.1, 0.15) is 0 Å². The molecule has 1 aromatic carbocycles. The lowest BCUT2D eigenvalue weighted by molar-refractivity contribution is 0.518. The molecule has 2 nitrogen and oxygen atoms in total. The van der Waals surface area contributed by atoms with E-state index in [1.807, 2.05) is 18.2 Å². The van der Waals surface area contributed by atoms with E-state index in [0.717, 1.165) is 24.7 Å². The van der Waals surface area contributed by atoms with Crippen molar-refractivity contribution in [1.82, 2.24) is 9.88 Å². The number of aromatic nitrogens is 1. The van der Waals surface area contributed by atoms with E-state index in [1.165, 1.54) is 16.8 Å². The zero-order valence-corrected chi connectivity index (χ0v) is 9.67. The van der Waals surface area contributed by atoms with Crippen LogP contribution >= 0.6 is 11.6 Å². The highest BCUT2D eigenvalue weighted by molar-refractivity contribution is 6.30. The molecule has 1 aliphatic heterocycles. The lowest BCUT2D eigenvalue weighted by atomic mass is 10.1. The van der Waals surface area contributed by atoms with Crippen molar-refractivity contribution >= 4 is 11.6 Å². The fourth-order valence-corrected chi connectivity index (χ4v) is 2.43. The molecule has 0 saturated heterocycles. The number of fused-ring (bicyclic) bond motifs is 1. The second-order valence-electron chi connectivity index (χ2n) is 4.06. The standard InChI is InChI=1S/C13H13ClN2/c14-11-3-1-2-10(8-11)12-4-6-16-7-5-15-9-13(12)16/h1-4,6,8,15H,5,7,9H2. The number of nitrogens with one attached hydrogen (secondary N) is 1. The molecule has 16 heavy (non-hydrogen) atoms. The van der Waals surface area contributed by atoms with Gasteiger partial charge in [0.25, 0.3) is 0 Å². The Hall–Kier alpha value is -1.25. The molecule has 0 spiro atoms. The van der Waals surface area contributed by atoms with Crippen LogP contribution in [0.1, 0.15) is 5.69 Å². The maximum Gasteiger partial charge on any atom is 0.0412 e. The van der Waals surface area contributed by atoms with Gasteiger partial charge in [0.15, 0.2) is 0 Å². The summed E-state index contributed by atoms with van der Waals surface area (Å²) in [6.45, 7) is 3.04. The average Bonchev–Trinajstić information content (AvgIpc) is 2.72. The molecule has 1 N–H and O–H groups in total. The third-order valence-electron chi connectivity index (χ3n) is 3.04. The first-order chi connectivity index (χ1) is 7.84.